The molecule has 0 fully saturated rings. The number of hydrogen-bond donors (Lipinski definition) is 1. The number of nitrogens with zero attached hydrogens (tertiary/aromatic N) is 2. The minimum absolute atomic E-state index is 0.117. The molecule has 0 aliphatic rings. The van der Waals surface area contributed by atoms with Crippen molar-refractivity contribution in [2.45, 2.75) is 0 Å². The highest BCUT2D eigenvalue weighted by molar-refractivity contribution is 5.85. The normalized spacial score (nSPS) is 9.95. The Hall–Kier alpha value is -3.16. The molecule has 0 saturated heterocycles. The van der Waals surface area contributed by atoms with Gasteiger partial charge >= 0.3 is 11.7 Å². The first kappa shape index (κ1) is 14.3. The molecular weight excluding hydrogens is 280 g/mol. The van der Waals surface area contributed by atoms with Crippen LogP contribution in [0.4, 0.5) is 5.69 Å². The summed E-state index contributed by atoms with van der Waals surface area (Å²) >= 11 is 0. The molecule has 1 N–H and O–H groups in total. The molecule has 0 saturated carbocycles. The van der Waals surface area contributed by atoms with Crippen molar-refractivity contribution in [3.8, 4) is 17.2 Å². The van der Waals surface area contributed by atoms with Crippen molar-refractivity contribution < 1.29 is 24.3 Å². The summed E-state index contributed by atoms with van der Waals surface area (Å²) in [6.45, 7) is 0. The van der Waals surface area contributed by atoms with Gasteiger partial charge in [0.05, 0.1) is 24.3 Å². The van der Waals surface area contributed by atoms with Gasteiger partial charge in [0.25, 0.3) is 0 Å². The molecule has 108 valence electrons. The molecule has 2 rings (SSSR count). The molecule has 1 heterocycles. The standard InChI is InChI=1S/C13H10N2O6/c1-20-12-5-3-8(6-11(12)15(18)19)21-9-2-4-10(13(16)17)14-7-9/h2-7H,1H3,(H,16,17). The van der Waals surface area contributed by atoms with Gasteiger partial charge in [-0.2, -0.15) is 0 Å². The predicted octanol–water partition coefficient (Wildman–Crippen LogP) is 2.49. The van der Waals surface area contributed by atoms with E-state index >= 15 is 0 Å². The Labute approximate surface area is 118 Å². The summed E-state index contributed by atoms with van der Waals surface area (Å²) in [4.78, 5) is 24.7. The molecule has 0 amide bonds. The third-order valence-electron chi connectivity index (χ3n) is 2.54. The molecule has 1 aromatic heterocycles. The lowest BCUT2D eigenvalue weighted by Gasteiger charge is -2.07. The van der Waals surface area contributed by atoms with E-state index in [0.717, 1.165) is 0 Å². The minimum atomic E-state index is -1.15. The molecule has 0 bridgehead atoms. The quantitative estimate of drug-likeness (QED) is 0.664. The second kappa shape index (κ2) is 5.87. The van der Waals surface area contributed by atoms with Gasteiger partial charge in [-0.3, -0.25) is 10.1 Å². The number of aromatic carboxylic acids is 1. The van der Waals surface area contributed by atoms with Gasteiger partial charge in [0.2, 0.25) is 0 Å². The van der Waals surface area contributed by atoms with Crippen LogP contribution in [-0.2, 0) is 0 Å². The summed E-state index contributed by atoms with van der Waals surface area (Å²) < 4.78 is 10.3. The number of carboxylic acids is 1. The van der Waals surface area contributed by atoms with E-state index in [-0.39, 0.29) is 28.6 Å². The van der Waals surface area contributed by atoms with Crippen molar-refractivity contribution >= 4 is 11.7 Å². The fourth-order valence-corrected chi connectivity index (χ4v) is 1.58. The lowest BCUT2D eigenvalue weighted by Crippen LogP contribution is -1.99. The van der Waals surface area contributed by atoms with Gasteiger partial charge in [0, 0.05) is 0 Å². The molecule has 0 unspecified atom stereocenters. The second-order valence-corrected chi connectivity index (χ2v) is 3.88. The Morgan fingerprint density at radius 3 is 2.52 bits per heavy atom. The molecule has 0 aliphatic heterocycles. The van der Waals surface area contributed by atoms with E-state index in [2.05, 4.69) is 4.98 Å². The number of nitro benzene ring substituents is 1. The highest BCUT2D eigenvalue weighted by atomic mass is 16.6. The molecule has 1 aromatic carbocycles. The van der Waals surface area contributed by atoms with Gasteiger partial charge in [0.1, 0.15) is 17.2 Å². The summed E-state index contributed by atoms with van der Waals surface area (Å²) in [7, 11) is 1.33. The number of pyridine rings is 1. The molecule has 0 atom stereocenters. The van der Waals surface area contributed by atoms with Gasteiger partial charge < -0.3 is 14.6 Å². The maximum Gasteiger partial charge on any atom is 0.354 e. The zero-order chi connectivity index (χ0) is 15.4. The highest BCUT2D eigenvalue weighted by Crippen LogP contribution is 2.32. The van der Waals surface area contributed by atoms with Gasteiger partial charge in [-0.05, 0) is 24.3 Å². The number of hydrogen-bond acceptors (Lipinski definition) is 6. The molecule has 8 heteroatoms. The summed E-state index contributed by atoms with van der Waals surface area (Å²) in [6, 6.07) is 6.80. The van der Waals surface area contributed by atoms with Crippen LogP contribution in [0.3, 0.4) is 0 Å². The number of carboxylic acid groups (broad SMARTS) is 1. The largest absolute Gasteiger partial charge is 0.490 e. The molecular formula is C13H10N2O6. The Kier molecular flexibility index (Phi) is 3.98. The van der Waals surface area contributed by atoms with Crippen molar-refractivity contribution in [3.05, 3.63) is 52.3 Å². The lowest BCUT2D eigenvalue weighted by molar-refractivity contribution is -0.385. The SMILES string of the molecule is COc1ccc(Oc2ccc(C(=O)O)nc2)cc1[N+](=O)[O-]. The zero-order valence-electron chi connectivity index (χ0n) is 10.8. The average Bonchev–Trinajstić information content (AvgIpc) is 2.47. The molecule has 0 radical (unpaired) electrons. The maximum absolute atomic E-state index is 10.9. The van der Waals surface area contributed by atoms with Gasteiger partial charge in [-0.1, -0.05) is 0 Å². The van der Waals surface area contributed by atoms with E-state index in [0.29, 0.717) is 0 Å². The number of methoxy groups -OCH3 is 1. The number of benzene rings is 1. The number of nitro groups is 1. The first-order valence-electron chi connectivity index (χ1n) is 5.71. The highest BCUT2D eigenvalue weighted by Gasteiger charge is 2.16. The van der Waals surface area contributed by atoms with Crippen LogP contribution in [-0.4, -0.2) is 28.1 Å². The van der Waals surface area contributed by atoms with Gasteiger partial charge in [-0.25, -0.2) is 9.78 Å². The third kappa shape index (κ3) is 3.24. The first-order chi connectivity index (χ1) is 10.0. The fourth-order valence-electron chi connectivity index (χ4n) is 1.58. The third-order valence-corrected chi connectivity index (χ3v) is 2.54. The van der Waals surface area contributed by atoms with E-state index in [1.807, 2.05) is 0 Å². The van der Waals surface area contributed by atoms with Crippen LogP contribution in [0.5, 0.6) is 17.2 Å². The van der Waals surface area contributed by atoms with E-state index in [9.17, 15) is 14.9 Å². The van der Waals surface area contributed by atoms with Crippen molar-refractivity contribution in [2.75, 3.05) is 7.11 Å². The molecule has 8 nitrogen and oxygen atoms in total. The second-order valence-electron chi connectivity index (χ2n) is 3.88. The van der Waals surface area contributed by atoms with Crippen LogP contribution in [0.25, 0.3) is 0 Å². The Morgan fingerprint density at radius 1 is 1.29 bits per heavy atom. The fraction of sp³-hybridized carbons (Fsp3) is 0.0769. The monoisotopic (exact) mass is 290 g/mol. The molecule has 0 spiro atoms. The molecule has 2 aromatic rings. The van der Waals surface area contributed by atoms with E-state index in [1.54, 1.807) is 0 Å². The zero-order valence-corrected chi connectivity index (χ0v) is 10.8. The van der Waals surface area contributed by atoms with Crippen molar-refractivity contribution in [1.29, 1.82) is 0 Å². The predicted molar refractivity (Wildman–Crippen MR) is 70.9 cm³/mol. The minimum Gasteiger partial charge on any atom is -0.490 e. The van der Waals surface area contributed by atoms with Crippen molar-refractivity contribution in [3.63, 3.8) is 0 Å². The maximum atomic E-state index is 10.9. The number of rotatable bonds is 5. The van der Waals surface area contributed by atoms with Crippen LogP contribution in [0.1, 0.15) is 10.5 Å². The van der Waals surface area contributed by atoms with E-state index in [1.165, 1.54) is 43.6 Å². The topological polar surface area (TPSA) is 112 Å². The number of aromatic nitrogens is 1. The van der Waals surface area contributed by atoms with Crippen LogP contribution >= 0.6 is 0 Å². The molecule has 21 heavy (non-hydrogen) atoms. The van der Waals surface area contributed by atoms with Crippen LogP contribution in [0, 0.1) is 10.1 Å². The Morgan fingerprint density at radius 2 is 2.00 bits per heavy atom. The summed E-state index contributed by atoms with van der Waals surface area (Å²) in [5, 5.41) is 19.6. The Balaban J connectivity index is 2.25. The first-order valence-corrected chi connectivity index (χ1v) is 5.71. The average molecular weight is 290 g/mol. The lowest BCUT2D eigenvalue weighted by atomic mass is 10.3. The summed E-state index contributed by atoms with van der Waals surface area (Å²) in [6.07, 6.45) is 1.22. The summed E-state index contributed by atoms with van der Waals surface area (Å²) in [5.41, 5.74) is -0.354. The van der Waals surface area contributed by atoms with Crippen molar-refractivity contribution in [1.82, 2.24) is 4.98 Å². The van der Waals surface area contributed by atoms with Crippen LogP contribution in [0.15, 0.2) is 36.5 Å². The molecule has 0 aliphatic carbocycles. The Bertz CT molecular complexity index is 684. The van der Waals surface area contributed by atoms with Crippen LogP contribution < -0.4 is 9.47 Å². The van der Waals surface area contributed by atoms with Gasteiger partial charge in [-0.15, -0.1) is 0 Å². The van der Waals surface area contributed by atoms with E-state index in [4.69, 9.17) is 14.6 Å². The van der Waals surface area contributed by atoms with Gasteiger partial charge in [0.15, 0.2) is 5.75 Å². The number of ether oxygens (including phenoxy) is 2. The van der Waals surface area contributed by atoms with Crippen molar-refractivity contribution in [2.24, 2.45) is 0 Å². The van der Waals surface area contributed by atoms with E-state index < -0.39 is 10.9 Å². The van der Waals surface area contributed by atoms with Crippen LogP contribution in [0.2, 0.25) is 0 Å². The summed E-state index contributed by atoms with van der Waals surface area (Å²) in [5.74, 6) is -0.555. The smallest absolute Gasteiger partial charge is 0.354 e. The number of carbonyl (C=O) groups is 1.